The average Bonchev–Trinajstić information content (AvgIpc) is 3.15. The van der Waals surface area contributed by atoms with Crippen LogP contribution in [-0.2, 0) is 0 Å². The van der Waals surface area contributed by atoms with E-state index >= 15 is 0 Å². The lowest BCUT2D eigenvalue weighted by molar-refractivity contribution is -0.803. The van der Waals surface area contributed by atoms with E-state index in [4.69, 9.17) is 0 Å². The fraction of sp³-hybridized carbons (Fsp3) is 0.250. The van der Waals surface area contributed by atoms with Crippen LogP contribution in [0.4, 0.5) is 0 Å². The zero-order chi connectivity index (χ0) is 17.6. The lowest BCUT2D eigenvalue weighted by Crippen LogP contribution is -2.33. The van der Waals surface area contributed by atoms with Crippen LogP contribution >= 0.6 is 22.7 Å². The van der Waals surface area contributed by atoms with Gasteiger partial charge in [0.15, 0.2) is 0 Å². The van der Waals surface area contributed by atoms with Gasteiger partial charge in [-0.25, -0.2) is 0 Å². The lowest BCUT2D eigenvalue weighted by Gasteiger charge is -1.98. The molecule has 0 aromatic carbocycles. The summed E-state index contributed by atoms with van der Waals surface area (Å²) < 4.78 is 4.55. The zero-order valence-electron chi connectivity index (χ0n) is 13.5. The SMILES string of the molecule is Cc1cc(C(=O)c2no[n+]([O-])c2C(=O)c2cc(C)sc2C)c(C)s1. The van der Waals surface area contributed by atoms with Crippen molar-refractivity contribution in [3.63, 3.8) is 0 Å². The van der Waals surface area contributed by atoms with Crippen molar-refractivity contribution in [1.29, 1.82) is 0 Å². The van der Waals surface area contributed by atoms with E-state index in [-0.39, 0.29) is 16.3 Å². The Morgan fingerprint density at radius 2 is 1.50 bits per heavy atom. The number of aromatic nitrogens is 2. The van der Waals surface area contributed by atoms with Crippen molar-refractivity contribution in [2.24, 2.45) is 0 Å². The molecular weight excluding hydrogens is 348 g/mol. The summed E-state index contributed by atoms with van der Waals surface area (Å²) in [5.41, 5.74) is 0.194. The Morgan fingerprint density at radius 3 is 1.96 bits per heavy atom. The molecule has 0 spiro atoms. The first-order valence-electron chi connectivity index (χ1n) is 7.12. The first-order valence-corrected chi connectivity index (χ1v) is 8.76. The maximum Gasteiger partial charge on any atom is 0.300 e. The van der Waals surface area contributed by atoms with Crippen molar-refractivity contribution in [3.05, 3.63) is 59.4 Å². The number of hydrogen-bond donors (Lipinski definition) is 0. The van der Waals surface area contributed by atoms with Crippen LogP contribution in [0.25, 0.3) is 0 Å². The summed E-state index contributed by atoms with van der Waals surface area (Å²) in [4.78, 5) is 29.0. The fourth-order valence-electron chi connectivity index (χ4n) is 2.56. The highest BCUT2D eigenvalue weighted by atomic mass is 32.1. The third-order valence-corrected chi connectivity index (χ3v) is 5.55. The van der Waals surface area contributed by atoms with E-state index in [0.717, 1.165) is 19.5 Å². The van der Waals surface area contributed by atoms with E-state index in [1.54, 1.807) is 19.1 Å². The van der Waals surface area contributed by atoms with Gasteiger partial charge in [0.1, 0.15) is 0 Å². The van der Waals surface area contributed by atoms with Crippen LogP contribution in [0, 0.1) is 32.9 Å². The van der Waals surface area contributed by atoms with Gasteiger partial charge in [0.25, 0.3) is 11.4 Å². The van der Waals surface area contributed by atoms with E-state index in [9.17, 15) is 14.8 Å². The molecule has 24 heavy (non-hydrogen) atoms. The molecule has 0 aliphatic carbocycles. The summed E-state index contributed by atoms with van der Waals surface area (Å²) in [6.45, 7) is 7.36. The third kappa shape index (κ3) is 2.67. The highest BCUT2D eigenvalue weighted by Crippen LogP contribution is 2.26. The third-order valence-electron chi connectivity index (χ3n) is 3.61. The van der Waals surface area contributed by atoms with Crippen LogP contribution < -0.4 is 4.90 Å². The summed E-state index contributed by atoms with van der Waals surface area (Å²) in [5.74, 6) is -1.04. The molecule has 0 amide bonds. The topological polar surface area (TPSA) is 87.1 Å². The summed E-state index contributed by atoms with van der Waals surface area (Å²) in [7, 11) is 0. The van der Waals surface area contributed by atoms with E-state index in [2.05, 4.69) is 9.79 Å². The molecule has 0 radical (unpaired) electrons. The maximum atomic E-state index is 12.7. The van der Waals surface area contributed by atoms with Crippen LogP contribution in [0.3, 0.4) is 0 Å². The molecule has 0 saturated carbocycles. The molecule has 3 aromatic rings. The van der Waals surface area contributed by atoms with Crippen molar-refractivity contribution in [2.75, 3.05) is 0 Å². The molecule has 0 bridgehead atoms. The van der Waals surface area contributed by atoms with E-state index in [1.165, 1.54) is 22.7 Å². The molecule has 124 valence electrons. The summed E-state index contributed by atoms with van der Waals surface area (Å²) >= 11 is 2.92. The number of carbonyl (C=O) groups excluding carboxylic acids is 2. The van der Waals surface area contributed by atoms with Crippen LogP contribution in [-0.4, -0.2) is 16.7 Å². The van der Waals surface area contributed by atoms with Crippen LogP contribution in [0.2, 0.25) is 0 Å². The molecule has 0 aliphatic heterocycles. The molecule has 0 N–H and O–H groups in total. The maximum absolute atomic E-state index is 12.7. The Morgan fingerprint density at radius 1 is 1.00 bits per heavy atom. The number of nitrogens with zero attached hydrogens (tertiary/aromatic N) is 2. The summed E-state index contributed by atoms with van der Waals surface area (Å²) in [6.07, 6.45) is 0. The van der Waals surface area contributed by atoms with E-state index < -0.39 is 11.6 Å². The smallest absolute Gasteiger partial charge is 0.300 e. The standard InChI is InChI=1S/C16H14N2O4S2/c1-7-5-11(9(3)23-7)15(19)13-14(18(21)22-17-13)16(20)12-6-8(2)24-10(12)4/h5-6H,1-4H3. The van der Waals surface area contributed by atoms with Crippen LogP contribution in [0.1, 0.15) is 51.6 Å². The Labute approximate surface area is 145 Å². The first-order chi connectivity index (χ1) is 11.3. The van der Waals surface area contributed by atoms with E-state index in [0.29, 0.717) is 11.1 Å². The number of thiophene rings is 2. The van der Waals surface area contributed by atoms with Crippen molar-refractivity contribution in [1.82, 2.24) is 5.16 Å². The monoisotopic (exact) mass is 362 g/mol. The highest BCUT2D eigenvalue weighted by molar-refractivity contribution is 7.12. The highest BCUT2D eigenvalue weighted by Gasteiger charge is 2.35. The predicted octanol–water partition coefficient (Wildman–Crippen LogP) is 3.13. The molecule has 3 rings (SSSR count). The molecule has 6 nitrogen and oxygen atoms in total. The number of aryl methyl sites for hydroxylation is 4. The van der Waals surface area contributed by atoms with Gasteiger partial charge in [-0.15, -0.1) is 22.7 Å². The second-order valence-electron chi connectivity index (χ2n) is 5.44. The quantitative estimate of drug-likeness (QED) is 0.526. The summed E-state index contributed by atoms with van der Waals surface area (Å²) in [5, 5.41) is 15.5. The van der Waals surface area contributed by atoms with Gasteiger partial charge in [0.2, 0.25) is 11.6 Å². The van der Waals surface area contributed by atoms with Crippen LogP contribution in [0.15, 0.2) is 16.8 Å². The fourth-order valence-corrected chi connectivity index (χ4v) is 4.40. The van der Waals surface area contributed by atoms with Gasteiger partial charge < -0.3 is 5.21 Å². The molecule has 8 heteroatoms. The molecule has 3 heterocycles. The normalized spacial score (nSPS) is 11.0. The molecule has 3 aromatic heterocycles. The van der Waals surface area contributed by atoms with E-state index in [1.807, 2.05) is 20.8 Å². The minimum absolute atomic E-state index is 0.0105. The van der Waals surface area contributed by atoms with Gasteiger partial charge in [-0.2, -0.15) is 0 Å². The minimum Gasteiger partial charge on any atom is -0.359 e. The second kappa shape index (κ2) is 5.95. The number of carbonyl (C=O) groups is 2. The molecule has 0 unspecified atom stereocenters. The Kier molecular flexibility index (Phi) is 4.10. The Balaban J connectivity index is 2.09. The van der Waals surface area contributed by atoms with Crippen molar-refractivity contribution < 1.29 is 19.1 Å². The van der Waals surface area contributed by atoms with Gasteiger partial charge in [-0.3, -0.25) is 14.2 Å². The number of hydrogen-bond acceptors (Lipinski definition) is 7. The van der Waals surface area contributed by atoms with Crippen molar-refractivity contribution in [3.8, 4) is 0 Å². The van der Waals surface area contributed by atoms with Crippen LogP contribution in [0.5, 0.6) is 0 Å². The Hall–Kier alpha value is -2.32. The molecule has 0 saturated heterocycles. The summed E-state index contributed by atoms with van der Waals surface area (Å²) in [6, 6.07) is 3.42. The zero-order valence-corrected chi connectivity index (χ0v) is 15.1. The van der Waals surface area contributed by atoms with Gasteiger partial charge in [-0.05, 0) is 44.7 Å². The van der Waals surface area contributed by atoms with Gasteiger partial charge >= 0.3 is 0 Å². The number of ketones is 2. The molecular formula is C16H14N2O4S2. The molecule has 0 fully saturated rings. The Bertz CT molecular complexity index is 965. The largest absolute Gasteiger partial charge is 0.359 e. The predicted molar refractivity (Wildman–Crippen MR) is 89.9 cm³/mol. The first kappa shape index (κ1) is 16.5. The van der Waals surface area contributed by atoms with Crippen molar-refractivity contribution >= 4 is 34.2 Å². The molecule has 0 atom stereocenters. The average molecular weight is 362 g/mol. The van der Waals surface area contributed by atoms with Gasteiger partial charge in [0.05, 0.1) is 5.16 Å². The lowest BCUT2D eigenvalue weighted by atomic mass is 10.0. The van der Waals surface area contributed by atoms with Gasteiger partial charge in [0, 0.05) is 30.6 Å². The van der Waals surface area contributed by atoms with Gasteiger partial charge in [-0.1, -0.05) is 0 Å². The second-order valence-corrected chi connectivity index (χ2v) is 8.36. The minimum atomic E-state index is -0.555. The van der Waals surface area contributed by atoms with Crippen molar-refractivity contribution in [2.45, 2.75) is 27.7 Å². The molecule has 0 aliphatic rings. The number of rotatable bonds is 4.